The number of ether oxygens (including phenoxy) is 3. The van der Waals surface area contributed by atoms with Crippen LogP contribution in [0.5, 0.6) is 5.75 Å². The van der Waals surface area contributed by atoms with Crippen LogP contribution in [0.3, 0.4) is 0 Å². The van der Waals surface area contributed by atoms with Gasteiger partial charge in [0, 0.05) is 6.42 Å². The molecule has 0 spiro atoms. The SMILES string of the molecule is Clc1cccc(CC2CO2)c1OCCCCC1CO1. The molecule has 0 radical (unpaired) electrons. The molecule has 2 unspecified atom stereocenters. The van der Waals surface area contributed by atoms with E-state index < -0.39 is 0 Å². The first-order valence-corrected chi connectivity index (χ1v) is 7.34. The van der Waals surface area contributed by atoms with Crippen LogP contribution in [-0.2, 0) is 15.9 Å². The van der Waals surface area contributed by atoms with Gasteiger partial charge in [-0.25, -0.2) is 0 Å². The molecule has 104 valence electrons. The van der Waals surface area contributed by atoms with E-state index in [4.69, 9.17) is 25.8 Å². The standard InChI is InChI=1S/C15H19ClO3/c16-14-6-3-4-11(8-13-10-19-13)15(14)17-7-2-1-5-12-9-18-12/h3-4,6,12-13H,1-2,5,7-10H2. The summed E-state index contributed by atoms with van der Waals surface area (Å²) in [5, 5.41) is 0.698. The lowest BCUT2D eigenvalue weighted by Crippen LogP contribution is -2.03. The van der Waals surface area contributed by atoms with Crippen molar-refractivity contribution in [2.45, 2.75) is 37.9 Å². The van der Waals surface area contributed by atoms with Gasteiger partial charge < -0.3 is 14.2 Å². The molecule has 2 fully saturated rings. The number of epoxide rings is 2. The molecule has 2 atom stereocenters. The quantitative estimate of drug-likeness (QED) is 0.542. The summed E-state index contributed by atoms with van der Waals surface area (Å²) in [5.41, 5.74) is 1.15. The fourth-order valence-electron chi connectivity index (χ4n) is 2.19. The molecule has 0 aliphatic carbocycles. The Kier molecular flexibility index (Phi) is 4.26. The summed E-state index contributed by atoms with van der Waals surface area (Å²) in [7, 11) is 0. The molecule has 4 heteroatoms. The van der Waals surface area contributed by atoms with E-state index in [-0.39, 0.29) is 0 Å². The van der Waals surface area contributed by atoms with Crippen LogP contribution in [0.2, 0.25) is 5.02 Å². The number of unbranched alkanes of at least 4 members (excludes halogenated alkanes) is 1. The maximum Gasteiger partial charge on any atom is 0.141 e. The first kappa shape index (κ1) is 13.2. The predicted octanol–water partition coefficient (Wildman–Crippen LogP) is 3.23. The first-order chi connectivity index (χ1) is 9.33. The van der Waals surface area contributed by atoms with Crippen molar-refractivity contribution in [2.75, 3.05) is 19.8 Å². The third kappa shape index (κ3) is 4.10. The van der Waals surface area contributed by atoms with E-state index in [0.717, 1.165) is 56.8 Å². The summed E-state index contributed by atoms with van der Waals surface area (Å²) in [4.78, 5) is 0. The van der Waals surface area contributed by atoms with Crippen molar-refractivity contribution in [3.05, 3.63) is 28.8 Å². The third-order valence-corrected chi connectivity index (χ3v) is 3.77. The van der Waals surface area contributed by atoms with Gasteiger partial charge >= 0.3 is 0 Å². The molecule has 0 saturated carbocycles. The smallest absolute Gasteiger partial charge is 0.141 e. The summed E-state index contributed by atoms with van der Waals surface area (Å²) < 4.78 is 16.3. The molecular weight excluding hydrogens is 264 g/mol. The van der Waals surface area contributed by atoms with Crippen LogP contribution in [0.1, 0.15) is 24.8 Å². The van der Waals surface area contributed by atoms with Gasteiger partial charge in [0.2, 0.25) is 0 Å². The van der Waals surface area contributed by atoms with Crippen molar-refractivity contribution in [3.8, 4) is 5.75 Å². The molecule has 2 aliphatic heterocycles. The van der Waals surface area contributed by atoms with Crippen molar-refractivity contribution < 1.29 is 14.2 Å². The number of hydrogen-bond donors (Lipinski definition) is 0. The summed E-state index contributed by atoms with van der Waals surface area (Å²) in [5.74, 6) is 0.835. The van der Waals surface area contributed by atoms with Crippen molar-refractivity contribution in [3.63, 3.8) is 0 Å². The van der Waals surface area contributed by atoms with E-state index in [1.807, 2.05) is 12.1 Å². The normalized spacial score (nSPS) is 24.3. The third-order valence-electron chi connectivity index (χ3n) is 3.47. The minimum absolute atomic E-state index is 0.354. The van der Waals surface area contributed by atoms with Gasteiger partial charge in [-0.05, 0) is 30.9 Å². The Morgan fingerprint density at radius 3 is 2.68 bits per heavy atom. The second kappa shape index (κ2) is 6.12. The highest BCUT2D eigenvalue weighted by Crippen LogP contribution is 2.31. The van der Waals surface area contributed by atoms with Crippen molar-refractivity contribution in [1.82, 2.24) is 0 Å². The van der Waals surface area contributed by atoms with Crippen LogP contribution in [-0.4, -0.2) is 32.0 Å². The Bertz CT molecular complexity index is 427. The zero-order valence-corrected chi connectivity index (χ0v) is 11.7. The second-order valence-electron chi connectivity index (χ2n) is 5.19. The summed E-state index contributed by atoms with van der Waals surface area (Å²) in [6, 6.07) is 5.92. The van der Waals surface area contributed by atoms with Gasteiger partial charge in [0.25, 0.3) is 0 Å². The lowest BCUT2D eigenvalue weighted by atomic mass is 10.1. The van der Waals surface area contributed by atoms with Crippen LogP contribution in [0.25, 0.3) is 0 Å². The van der Waals surface area contributed by atoms with Gasteiger partial charge in [-0.2, -0.15) is 0 Å². The molecular formula is C15H19ClO3. The van der Waals surface area contributed by atoms with Crippen LogP contribution >= 0.6 is 11.6 Å². The summed E-state index contributed by atoms with van der Waals surface area (Å²) in [6.07, 6.45) is 5.11. The molecule has 0 N–H and O–H groups in total. The fourth-order valence-corrected chi connectivity index (χ4v) is 2.44. The Hall–Kier alpha value is -0.770. The molecule has 3 nitrogen and oxygen atoms in total. The Labute approximate surface area is 118 Å². The zero-order valence-electron chi connectivity index (χ0n) is 10.9. The maximum absolute atomic E-state index is 6.22. The number of rotatable bonds is 8. The molecule has 0 bridgehead atoms. The van der Waals surface area contributed by atoms with Gasteiger partial charge in [-0.15, -0.1) is 0 Å². The lowest BCUT2D eigenvalue weighted by Gasteiger charge is -2.12. The average Bonchev–Trinajstić information content (AvgIpc) is 3.25. The van der Waals surface area contributed by atoms with Gasteiger partial charge in [0.15, 0.2) is 0 Å². The van der Waals surface area contributed by atoms with E-state index in [2.05, 4.69) is 6.07 Å². The average molecular weight is 283 g/mol. The molecule has 19 heavy (non-hydrogen) atoms. The number of para-hydroxylation sites is 1. The minimum atomic E-state index is 0.354. The number of halogens is 1. The van der Waals surface area contributed by atoms with Gasteiger partial charge in [0.05, 0.1) is 37.1 Å². The van der Waals surface area contributed by atoms with Crippen LogP contribution in [0.15, 0.2) is 18.2 Å². The van der Waals surface area contributed by atoms with E-state index in [0.29, 0.717) is 17.2 Å². The highest BCUT2D eigenvalue weighted by molar-refractivity contribution is 6.32. The molecule has 2 aliphatic rings. The molecule has 2 heterocycles. The van der Waals surface area contributed by atoms with Gasteiger partial charge in [0.1, 0.15) is 5.75 Å². The Morgan fingerprint density at radius 1 is 1.16 bits per heavy atom. The molecule has 0 amide bonds. The van der Waals surface area contributed by atoms with E-state index in [9.17, 15) is 0 Å². The van der Waals surface area contributed by atoms with Crippen LogP contribution < -0.4 is 4.74 Å². The van der Waals surface area contributed by atoms with Gasteiger partial charge in [-0.3, -0.25) is 0 Å². The molecule has 2 saturated heterocycles. The topological polar surface area (TPSA) is 34.3 Å². The largest absolute Gasteiger partial charge is 0.492 e. The Morgan fingerprint density at radius 2 is 1.95 bits per heavy atom. The highest BCUT2D eigenvalue weighted by atomic mass is 35.5. The van der Waals surface area contributed by atoms with Crippen molar-refractivity contribution in [2.24, 2.45) is 0 Å². The molecule has 0 aromatic heterocycles. The fraction of sp³-hybridized carbons (Fsp3) is 0.600. The maximum atomic E-state index is 6.22. The zero-order chi connectivity index (χ0) is 13.1. The van der Waals surface area contributed by atoms with Crippen molar-refractivity contribution >= 4 is 11.6 Å². The number of benzene rings is 1. The van der Waals surface area contributed by atoms with Crippen LogP contribution in [0.4, 0.5) is 0 Å². The second-order valence-corrected chi connectivity index (χ2v) is 5.59. The summed E-state index contributed by atoms with van der Waals surface area (Å²) >= 11 is 6.22. The summed E-state index contributed by atoms with van der Waals surface area (Å²) in [6.45, 7) is 2.51. The minimum Gasteiger partial charge on any atom is -0.492 e. The van der Waals surface area contributed by atoms with E-state index >= 15 is 0 Å². The van der Waals surface area contributed by atoms with Gasteiger partial charge in [-0.1, -0.05) is 23.7 Å². The van der Waals surface area contributed by atoms with E-state index in [1.165, 1.54) is 0 Å². The van der Waals surface area contributed by atoms with Crippen LogP contribution in [0, 0.1) is 0 Å². The highest BCUT2D eigenvalue weighted by Gasteiger charge is 2.25. The first-order valence-electron chi connectivity index (χ1n) is 6.96. The Balaban J connectivity index is 1.49. The van der Waals surface area contributed by atoms with Crippen molar-refractivity contribution in [1.29, 1.82) is 0 Å². The van der Waals surface area contributed by atoms with E-state index in [1.54, 1.807) is 0 Å². The monoisotopic (exact) mass is 282 g/mol. The number of hydrogen-bond acceptors (Lipinski definition) is 3. The predicted molar refractivity (Wildman–Crippen MR) is 74.0 cm³/mol. The molecule has 3 rings (SSSR count). The molecule has 1 aromatic carbocycles. The molecule has 1 aromatic rings. The lowest BCUT2D eigenvalue weighted by molar-refractivity contribution is 0.295.